The lowest BCUT2D eigenvalue weighted by Gasteiger charge is -2.33. The van der Waals surface area contributed by atoms with E-state index in [4.69, 9.17) is 0 Å². The Morgan fingerprint density at radius 1 is 0.818 bits per heavy atom. The molecule has 4 atom stereocenters. The van der Waals surface area contributed by atoms with Crippen molar-refractivity contribution in [2.24, 2.45) is 29.1 Å². The predicted octanol–water partition coefficient (Wildman–Crippen LogP) is 12.5. The molecule has 44 heavy (non-hydrogen) atoms. The summed E-state index contributed by atoms with van der Waals surface area (Å²) >= 11 is 0. The van der Waals surface area contributed by atoms with Crippen molar-refractivity contribution < 1.29 is 0 Å². The van der Waals surface area contributed by atoms with E-state index in [1.54, 1.807) is 0 Å². The van der Waals surface area contributed by atoms with Crippen LogP contribution in [-0.4, -0.2) is 0 Å². The fraction of sp³-hybridized carbons (Fsp3) is 0.395. The maximum absolute atomic E-state index is 4.07. The van der Waals surface area contributed by atoms with Crippen molar-refractivity contribution >= 4 is 11.4 Å². The molecule has 0 spiro atoms. The zero-order valence-corrected chi connectivity index (χ0v) is 28.2. The third-order valence-corrected chi connectivity index (χ3v) is 9.92. The lowest BCUT2D eigenvalue weighted by Crippen LogP contribution is -2.22. The summed E-state index contributed by atoms with van der Waals surface area (Å²) in [4.78, 5) is 2.43. The number of hydrogen-bond donors (Lipinski definition) is 0. The molecule has 5 rings (SSSR count). The minimum Gasteiger partial charge on any atom is -0.311 e. The molecule has 0 radical (unpaired) electrons. The molecular formula is C43H53N. The molecule has 0 heterocycles. The first kappa shape index (κ1) is 31.8. The normalized spacial score (nSPS) is 21.0. The number of nitrogens with zero attached hydrogens (tertiary/aromatic N) is 1. The molecule has 3 aromatic rings. The number of hydrogen-bond acceptors (Lipinski definition) is 1. The van der Waals surface area contributed by atoms with Crippen LogP contribution in [0.3, 0.4) is 0 Å². The Kier molecular flexibility index (Phi) is 9.84. The van der Waals surface area contributed by atoms with Gasteiger partial charge in [-0.1, -0.05) is 120 Å². The van der Waals surface area contributed by atoms with Crippen LogP contribution in [0.2, 0.25) is 0 Å². The van der Waals surface area contributed by atoms with Gasteiger partial charge in [-0.15, -0.1) is 6.58 Å². The predicted molar refractivity (Wildman–Crippen MR) is 192 cm³/mol. The van der Waals surface area contributed by atoms with Crippen molar-refractivity contribution in [2.45, 2.75) is 80.1 Å². The molecule has 0 saturated heterocycles. The Morgan fingerprint density at radius 2 is 1.41 bits per heavy atom. The van der Waals surface area contributed by atoms with E-state index >= 15 is 0 Å². The van der Waals surface area contributed by atoms with Gasteiger partial charge in [-0.3, -0.25) is 0 Å². The lowest BCUT2D eigenvalue weighted by molar-refractivity contribution is 0.262. The van der Waals surface area contributed by atoms with E-state index < -0.39 is 0 Å². The summed E-state index contributed by atoms with van der Waals surface area (Å²) in [6, 6.07) is 27.6. The summed E-state index contributed by atoms with van der Waals surface area (Å²) in [6.45, 7) is 20.3. The van der Waals surface area contributed by atoms with Crippen LogP contribution < -0.4 is 4.90 Å². The molecule has 0 aliphatic heterocycles. The molecule has 4 unspecified atom stereocenters. The second kappa shape index (κ2) is 13.6. The van der Waals surface area contributed by atoms with Crippen LogP contribution in [0, 0.1) is 29.1 Å². The van der Waals surface area contributed by atoms with Gasteiger partial charge in [0.05, 0.1) is 0 Å². The molecule has 0 amide bonds. The number of benzene rings is 3. The molecule has 2 aliphatic carbocycles. The summed E-state index contributed by atoms with van der Waals surface area (Å²) in [7, 11) is 0. The van der Waals surface area contributed by atoms with Gasteiger partial charge in [0.2, 0.25) is 0 Å². The Morgan fingerprint density at radius 3 is 1.91 bits per heavy atom. The molecule has 0 fully saturated rings. The third-order valence-electron chi connectivity index (χ3n) is 9.92. The molecule has 0 aromatic heterocycles. The summed E-state index contributed by atoms with van der Waals surface area (Å²) in [5.74, 6) is 2.80. The van der Waals surface area contributed by atoms with Crippen LogP contribution in [0.15, 0.2) is 121 Å². The molecule has 0 bridgehead atoms. The van der Waals surface area contributed by atoms with Gasteiger partial charge in [0.15, 0.2) is 0 Å². The zero-order valence-electron chi connectivity index (χ0n) is 28.2. The van der Waals surface area contributed by atoms with Crippen LogP contribution in [0.4, 0.5) is 11.4 Å². The lowest BCUT2D eigenvalue weighted by atomic mass is 9.73. The first-order valence-electron chi connectivity index (χ1n) is 16.8. The van der Waals surface area contributed by atoms with Crippen molar-refractivity contribution in [1.29, 1.82) is 0 Å². The fourth-order valence-corrected chi connectivity index (χ4v) is 7.03. The number of anilines is 2. The highest BCUT2D eigenvalue weighted by Gasteiger charge is 2.27. The second-order valence-electron chi connectivity index (χ2n) is 14.8. The van der Waals surface area contributed by atoms with Gasteiger partial charge < -0.3 is 4.90 Å². The van der Waals surface area contributed by atoms with Crippen molar-refractivity contribution in [3.63, 3.8) is 0 Å². The molecule has 0 N–H and O–H groups in total. The van der Waals surface area contributed by atoms with Gasteiger partial charge in [0.25, 0.3) is 0 Å². The first-order chi connectivity index (χ1) is 21.0. The molecule has 230 valence electrons. The van der Waals surface area contributed by atoms with E-state index in [1.807, 2.05) is 0 Å². The van der Waals surface area contributed by atoms with Crippen LogP contribution in [0.25, 0.3) is 11.1 Å². The minimum atomic E-state index is 0.334. The van der Waals surface area contributed by atoms with Crippen molar-refractivity contribution in [3.05, 3.63) is 132 Å². The van der Waals surface area contributed by atoms with Crippen molar-refractivity contribution in [3.8, 4) is 11.1 Å². The maximum atomic E-state index is 4.07. The van der Waals surface area contributed by atoms with Gasteiger partial charge in [-0.2, -0.15) is 0 Å². The van der Waals surface area contributed by atoms with E-state index in [0.29, 0.717) is 35.0 Å². The van der Waals surface area contributed by atoms with Crippen LogP contribution in [0.1, 0.15) is 84.8 Å². The summed E-state index contributed by atoms with van der Waals surface area (Å²) in [5.41, 5.74) is 10.7. The Hall–Kier alpha value is -3.58. The molecular weight excluding hydrogens is 530 g/mol. The molecule has 3 aromatic carbocycles. The summed E-state index contributed by atoms with van der Waals surface area (Å²) in [6.07, 6.45) is 16.5. The SMILES string of the molecule is C=CC(C)C1CC=C(N(c2ccc(-c3ccc(CC(C)C)cc3)cc2)c2ccc(C3C=CC(C(C)(C)C)CC3)cc2)C=C1C. The quantitative estimate of drug-likeness (QED) is 0.226. The second-order valence-corrected chi connectivity index (χ2v) is 14.8. The van der Waals surface area contributed by atoms with Crippen molar-refractivity contribution in [1.82, 2.24) is 0 Å². The highest BCUT2D eigenvalue weighted by Crippen LogP contribution is 2.41. The van der Waals surface area contributed by atoms with E-state index in [-0.39, 0.29) is 0 Å². The highest BCUT2D eigenvalue weighted by atomic mass is 15.1. The van der Waals surface area contributed by atoms with E-state index in [0.717, 1.165) is 12.8 Å². The third kappa shape index (κ3) is 7.37. The highest BCUT2D eigenvalue weighted by molar-refractivity contribution is 5.74. The standard InChI is InChI=1S/C43H53N/c1-9-31(4)42-27-26-41(29-32(42)5)44(39-22-16-36(17-23-39)34-12-10-33(11-13-34)28-30(2)3)40-24-18-37(19-25-40)35-14-20-38(21-15-35)43(6,7)8/h9-14,16-20,22-26,29-31,35,38,42H,1,15,21,27-28H2,2-8H3. The largest absolute Gasteiger partial charge is 0.311 e. The summed E-state index contributed by atoms with van der Waals surface area (Å²) in [5, 5.41) is 0. The van der Waals surface area contributed by atoms with E-state index in [2.05, 4.69) is 163 Å². The Labute approximate surface area is 268 Å². The number of rotatable bonds is 9. The summed E-state index contributed by atoms with van der Waals surface area (Å²) < 4.78 is 0. The first-order valence-corrected chi connectivity index (χ1v) is 16.8. The smallest absolute Gasteiger partial charge is 0.0461 e. The Bertz CT molecular complexity index is 1490. The van der Waals surface area contributed by atoms with Crippen molar-refractivity contribution in [2.75, 3.05) is 4.90 Å². The molecule has 0 saturated carbocycles. The maximum Gasteiger partial charge on any atom is 0.0461 e. The van der Waals surface area contributed by atoms with E-state index in [1.165, 1.54) is 57.7 Å². The Balaban J connectivity index is 1.44. The van der Waals surface area contributed by atoms with Gasteiger partial charge >= 0.3 is 0 Å². The van der Waals surface area contributed by atoms with E-state index in [9.17, 15) is 0 Å². The minimum absolute atomic E-state index is 0.334. The monoisotopic (exact) mass is 583 g/mol. The average Bonchev–Trinajstić information content (AvgIpc) is 3.01. The fourth-order valence-electron chi connectivity index (χ4n) is 7.03. The van der Waals surface area contributed by atoms with Crippen LogP contribution in [-0.2, 0) is 6.42 Å². The average molecular weight is 584 g/mol. The van der Waals surface area contributed by atoms with Gasteiger partial charge in [-0.25, -0.2) is 0 Å². The van der Waals surface area contributed by atoms with Gasteiger partial charge in [0.1, 0.15) is 0 Å². The molecule has 1 heteroatoms. The molecule has 1 nitrogen and oxygen atoms in total. The number of allylic oxidation sites excluding steroid dienone is 6. The van der Waals surface area contributed by atoms with Crippen LogP contribution in [0.5, 0.6) is 0 Å². The van der Waals surface area contributed by atoms with Gasteiger partial charge in [-0.05, 0) is 114 Å². The zero-order chi connectivity index (χ0) is 31.4. The topological polar surface area (TPSA) is 3.24 Å². The molecule has 2 aliphatic rings. The van der Waals surface area contributed by atoms with Crippen LogP contribution >= 0.6 is 0 Å². The van der Waals surface area contributed by atoms with Gasteiger partial charge in [0, 0.05) is 23.0 Å².